The largest absolute Gasteiger partial charge is 0.481 e. The number of nitrogens with one attached hydrogen (secondary N) is 2. The Hall–Kier alpha value is -2.70. The van der Waals surface area contributed by atoms with Crippen molar-refractivity contribution in [2.75, 3.05) is 19.5 Å². The molecule has 0 aliphatic heterocycles. The van der Waals surface area contributed by atoms with Gasteiger partial charge in [0.2, 0.25) is 5.88 Å². The van der Waals surface area contributed by atoms with Crippen molar-refractivity contribution in [2.45, 2.75) is 6.54 Å². The lowest BCUT2D eigenvalue weighted by Gasteiger charge is -2.09. The van der Waals surface area contributed by atoms with Gasteiger partial charge in [-0.25, -0.2) is 14.4 Å². The molecule has 2 aromatic heterocycles. The highest BCUT2D eigenvalue weighted by molar-refractivity contribution is 5.98. The average Bonchev–Trinajstić information content (AvgIpc) is 2.52. The first kappa shape index (κ1) is 14.7. The number of amides is 1. The van der Waals surface area contributed by atoms with E-state index in [9.17, 15) is 9.18 Å². The molecule has 0 saturated carbocycles. The van der Waals surface area contributed by atoms with Gasteiger partial charge in [0.05, 0.1) is 18.9 Å². The number of pyridine rings is 2. The van der Waals surface area contributed by atoms with E-state index in [0.29, 0.717) is 11.7 Å². The normalized spacial score (nSPS) is 10.0. The number of ether oxygens (including phenoxy) is 1. The highest BCUT2D eigenvalue weighted by Crippen LogP contribution is 2.13. The molecule has 0 atom stereocenters. The van der Waals surface area contributed by atoms with Gasteiger partial charge in [0.15, 0.2) is 0 Å². The fourth-order valence-electron chi connectivity index (χ4n) is 1.76. The molecule has 1 amide bonds. The second kappa shape index (κ2) is 6.65. The van der Waals surface area contributed by atoms with Gasteiger partial charge in [-0.15, -0.1) is 0 Å². The van der Waals surface area contributed by atoms with Gasteiger partial charge in [-0.3, -0.25) is 4.79 Å². The molecule has 2 rings (SSSR count). The molecule has 6 nitrogen and oxygen atoms in total. The molecule has 0 saturated heterocycles. The van der Waals surface area contributed by atoms with Crippen LogP contribution in [0.1, 0.15) is 15.9 Å². The summed E-state index contributed by atoms with van der Waals surface area (Å²) < 4.78 is 18.2. The van der Waals surface area contributed by atoms with Crippen LogP contribution in [0.3, 0.4) is 0 Å². The van der Waals surface area contributed by atoms with Gasteiger partial charge in [0, 0.05) is 25.9 Å². The zero-order chi connectivity index (χ0) is 15.2. The third kappa shape index (κ3) is 3.65. The molecule has 110 valence electrons. The van der Waals surface area contributed by atoms with E-state index in [2.05, 4.69) is 20.6 Å². The Morgan fingerprint density at radius 1 is 1.38 bits per heavy atom. The number of hydrogen-bond donors (Lipinski definition) is 2. The molecular weight excluding hydrogens is 275 g/mol. The number of nitrogens with zero attached hydrogens (tertiary/aromatic N) is 2. The summed E-state index contributed by atoms with van der Waals surface area (Å²) in [4.78, 5) is 19.9. The molecule has 0 radical (unpaired) electrons. The molecule has 0 bridgehead atoms. The van der Waals surface area contributed by atoms with Gasteiger partial charge in [-0.2, -0.15) is 0 Å². The monoisotopic (exact) mass is 290 g/mol. The molecule has 0 unspecified atom stereocenters. The fraction of sp³-hybridized carbons (Fsp3) is 0.214. The minimum absolute atomic E-state index is 0.151. The quantitative estimate of drug-likeness (QED) is 0.874. The maximum atomic E-state index is 13.2. The van der Waals surface area contributed by atoms with Crippen molar-refractivity contribution in [1.82, 2.24) is 15.3 Å². The highest BCUT2D eigenvalue weighted by atomic mass is 19.1. The van der Waals surface area contributed by atoms with E-state index in [1.165, 1.54) is 7.11 Å². The van der Waals surface area contributed by atoms with E-state index >= 15 is 0 Å². The van der Waals surface area contributed by atoms with Crippen LogP contribution in [0.5, 0.6) is 5.88 Å². The molecule has 0 aliphatic rings. The number of methoxy groups -OCH3 is 1. The van der Waals surface area contributed by atoms with Gasteiger partial charge in [0.25, 0.3) is 5.91 Å². The lowest BCUT2D eigenvalue weighted by Crippen LogP contribution is -2.24. The molecule has 2 heterocycles. The van der Waals surface area contributed by atoms with Gasteiger partial charge < -0.3 is 15.4 Å². The van der Waals surface area contributed by atoms with E-state index in [0.717, 1.165) is 17.8 Å². The minimum atomic E-state index is -0.565. The molecule has 0 fully saturated rings. The molecule has 2 N–H and O–H groups in total. The van der Waals surface area contributed by atoms with E-state index in [-0.39, 0.29) is 12.1 Å². The van der Waals surface area contributed by atoms with E-state index in [4.69, 9.17) is 4.74 Å². The van der Waals surface area contributed by atoms with Crippen LogP contribution >= 0.6 is 0 Å². The number of halogens is 1. The number of carbonyl (C=O) groups is 1. The first-order chi connectivity index (χ1) is 10.1. The molecule has 21 heavy (non-hydrogen) atoms. The van der Waals surface area contributed by atoms with Gasteiger partial charge in [0.1, 0.15) is 11.6 Å². The van der Waals surface area contributed by atoms with Crippen molar-refractivity contribution in [3.8, 4) is 5.88 Å². The minimum Gasteiger partial charge on any atom is -0.481 e. The number of carbonyl (C=O) groups excluding carboxylic acids is 1. The SMILES string of the molecule is CNc1ncc(F)cc1C(=O)NCc1ccnc(OC)c1. The van der Waals surface area contributed by atoms with Gasteiger partial charge >= 0.3 is 0 Å². The Morgan fingerprint density at radius 2 is 2.19 bits per heavy atom. The predicted octanol–water partition coefficient (Wildman–Crippen LogP) is 1.60. The summed E-state index contributed by atoms with van der Waals surface area (Å²) in [6.45, 7) is 0.275. The second-order valence-corrected chi connectivity index (χ2v) is 4.19. The summed E-state index contributed by atoms with van der Waals surface area (Å²) in [6, 6.07) is 4.61. The Kier molecular flexibility index (Phi) is 4.65. The number of hydrogen-bond acceptors (Lipinski definition) is 5. The van der Waals surface area contributed by atoms with Crippen molar-refractivity contribution in [3.05, 3.63) is 47.5 Å². The summed E-state index contributed by atoms with van der Waals surface area (Å²) >= 11 is 0. The van der Waals surface area contributed by atoms with Crippen molar-refractivity contribution in [2.24, 2.45) is 0 Å². The van der Waals surface area contributed by atoms with Crippen molar-refractivity contribution < 1.29 is 13.9 Å². The third-order valence-corrected chi connectivity index (χ3v) is 2.80. The molecular formula is C14H15FN4O2. The summed E-state index contributed by atoms with van der Waals surface area (Å²) in [7, 11) is 3.13. The molecule has 0 spiro atoms. The molecule has 7 heteroatoms. The highest BCUT2D eigenvalue weighted by Gasteiger charge is 2.13. The first-order valence-corrected chi connectivity index (χ1v) is 6.24. The lowest BCUT2D eigenvalue weighted by atomic mass is 10.2. The van der Waals surface area contributed by atoms with Crippen LogP contribution in [-0.2, 0) is 6.54 Å². The topological polar surface area (TPSA) is 76.1 Å². The second-order valence-electron chi connectivity index (χ2n) is 4.19. The summed E-state index contributed by atoms with van der Waals surface area (Å²) in [5.41, 5.74) is 0.976. The summed E-state index contributed by atoms with van der Waals surface area (Å²) in [5.74, 6) is -0.196. The van der Waals surface area contributed by atoms with E-state index < -0.39 is 11.7 Å². The zero-order valence-corrected chi connectivity index (χ0v) is 11.7. The number of aromatic nitrogens is 2. The Balaban J connectivity index is 2.09. The van der Waals surface area contributed by atoms with E-state index in [1.54, 1.807) is 25.4 Å². The van der Waals surface area contributed by atoms with Crippen molar-refractivity contribution >= 4 is 11.7 Å². The van der Waals surface area contributed by atoms with Crippen LogP contribution in [0.25, 0.3) is 0 Å². The Bertz CT molecular complexity index is 649. The number of rotatable bonds is 5. The summed E-state index contributed by atoms with van der Waals surface area (Å²) in [5, 5.41) is 5.45. The van der Waals surface area contributed by atoms with Crippen LogP contribution in [0.2, 0.25) is 0 Å². The average molecular weight is 290 g/mol. The smallest absolute Gasteiger partial charge is 0.255 e. The van der Waals surface area contributed by atoms with Crippen LogP contribution in [0.4, 0.5) is 10.2 Å². The maximum absolute atomic E-state index is 13.2. The molecule has 2 aromatic rings. The fourth-order valence-corrected chi connectivity index (χ4v) is 1.76. The maximum Gasteiger partial charge on any atom is 0.255 e. The molecule has 0 aromatic carbocycles. The van der Waals surface area contributed by atoms with Crippen LogP contribution in [0, 0.1) is 5.82 Å². The van der Waals surface area contributed by atoms with Crippen molar-refractivity contribution in [3.63, 3.8) is 0 Å². The standard InChI is InChI=1S/C14H15FN4O2/c1-16-13-11(6-10(15)8-18-13)14(20)19-7-9-3-4-17-12(5-9)21-2/h3-6,8H,7H2,1-2H3,(H,16,18)(H,19,20). The Morgan fingerprint density at radius 3 is 2.90 bits per heavy atom. The number of anilines is 1. The van der Waals surface area contributed by atoms with Crippen LogP contribution < -0.4 is 15.4 Å². The predicted molar refractivity (Wildman–Crippen MR) is 75.7 cm³/mol. The lowest BCUT2D eigenvalue weighted by molar-refractivity contribution is 0.0951. The van der Waals surface area contributed by atoms with Gasteiger partial charge in [-0.1, -0.05) is 0 Å². The van der Waals surface area contributed by atoms with Gasteiger partial charge in [-0.05, 0) is 17.7 Å². The zero-order valence-electron chi connectivity index (χ0n) is 11.7. The van der Waals surface area contributed by atoms with E-state index in [1.807, 2.05) is 0 Å². The van der Waals surface area contributed by atoms with Crippen molar-refractivity contribution in [1.29, 1.82) is 0 Å². The first-order valence-electron chi connectivity index (χ1n) is 6.24. The third-order valence-electron chi connectivity index (χ3n) is 2.80. The Labute approximate surface area is 121 Å². The molecule has 0 aliphatic carbocycles. The van der Waals surface area contributed by atoms with Crippen LogP contribution in [-0.4, -0.2) is 30.0 Å². The van der Waals surface area contributed by atoms with Crippen LogP contribution in [0.15, 0.2) is 30.6 Å². The summed E-state index contributed by atoms with van der Waals surface area (Å²) in [6.07, 6.45) is 2.64.